The minimum absolute atomic E-state index is 0.644. The average molecular weight is 220 g/mol. The Balaban J connectivity index is 2.12. The lowest BCUT2D eigenvalue weighted by Crippen LogP contribution is -2.47. The first-order chi connectivity index (χ1) is 7.59. The summed E-state index contributed by atoms with van der Waals surface area (Å²) in [6, 6.07) is 2.01. The van der Waals surface area contributed by atoms with E-state index in [1.54, 1.807) is 0 Å². The molecular formula is C14H24N2. The number of H-pyrrole nitrogens is 1. The molecule has 1 heterocycles. The fourth-order valence-electron chi connectivity index (χ4n) is 3.22. The second-order valence-corrected chi connectivity index (χ2v) is 5.54. The summed E-state index contributed by atoms with van der Waals surface area (Å²) in [5, 5.41) is 0. The van der Waals surface area contributed by atoms with Gasteiger partial charge in [0, 0.05) is 30.5 Å². The highest BCUT2D eigenvalue weighted by Gasteiger charge is 2.27. The Morgan fingerprint density at radius 2 is 1.75 bits per heavy atom. The van der Waals surface area contributed by atoms with Gasteiger partial charge in [0.1, 0.15) is 0 Å². The highest BCUT2D eigenvalue weighted by atomic mass is 15.2. The molecule has 0 aromatic carbocycles. The van der Waals surface area contributed by atoms with Crippen molar-refractivity contribution in [3.63, 3.8) is 0 Å². The van der Waals surface area contributed by atoms with Crippen molar-refractivity contribution in [1.82, 2.24) is 9.88 Å². The summed E-state index contributed by atoms with van der Waals surface area (Å²) >= 11 is 0. The minimum Gasteiger partial charge on any atom is -0.367 e. The van der Waals surface area contributed by atoms with Gasteiger partial charge in [0.2, 0.25) is 0 Å². The van der Waals surface area contributed by atoms with Crippen LogP contribution in [0.1, 0.15) is 45.2 Å². The van der Waals surface area contributed by atoms with Gasteiger partial charge in [-0.25, -0.2) is 0 Å². The Labute approximate surface area is 99.0 Å². The molecule has 0 bridgehead atoms. The third kappa shape index (κ3) is 2.17. The second-order valence-electron chi connectivity index (χ2n) is 5.54. The monoisotopic (exact) mass is 220 g/mol. The zero-order chi connectivity index (χ0) is 11.7. The van der Waals surface area contributed by atoms with Crippen molar-refractivity contribution in [2.24, 2.45) is 0 Å². The van der Waals surface area contributed by atoms with Gasteiger partial charge >= 0.3 is 0 Å². The predicted molar refractivity (Wildman–Crippen MR) is 68.7 cm³/mol. The third-order valence-corrected chi connectivity index (χ3v) is 3.74. The van der Waals surface area contributed by atoms with Gasteiger partial charge < -0.3 is 4.98 Å². The van der Waals surface area contributed by atoms with E-state index in [0.29, 0.717) is 12.1 Å². The van der Waals surface area contributed by atoms with Gasteiger partial charge in [0.25, 0.3) is 0 Å². The molecule has 0 spiro atoms. The van der Waals surface area contributed by atoms with Crippen molar-refractivity contribution < 1.29 is 0 Å². The van der Waals surface area contributed by atoms with Gasteiger partial charge in [-0.05, 0) is 58.1 Å². The summed E-state index contributed by atoms with van der Waals surface area (Å²) < 4.78 is 0. The van der Waals surface area contributed by atoms with E-state index in [4.69, 9.17) is 0 Å². The van der Waals surface area contributed by atoms with Crippen molar-refractivity contribution in [2.75, 3.05) is 0 Å². The molecule has 90 valence electrons. The van der Waals surface area contributed by atoms with Crippen LogP contribution in [0.25, 0.3) is 0 Å². The first-order valence-electron chi connectivity index (χ1n) is 6.51. The fraction of sp³-hybridized carbons (Fsp3) is 0.714. The SMILES string of the molecule is CC(C)N(C(C)C)[C@H]1CCc2c[nH]cc2C1. The van der Waals surface area contributed by atoms with Gasteiger partial charge in [0.15, 0.2) is 0 Å². The first kappa shape index (κ1) is 11.7. The van der Waals surface area contributed by atoms with E-state index in [1.807, 2.05) is 0 Å². The maximum Gasteiger partial charge on any atom is 0.0145 e. The summed E-state index contributed by atoms with van der Waals surface area (Å²) in [5.41, 5.74) is 3.06. The Kier molecular flexibility index (Phi) is 3.38. The molecule has 1 atom stereocenters. The molecule has 0 aliphatic heterocycles. The number of nitrogens with zero attached hydrogens (tertiary/aromatic N) is 1. The number of hydrogen-bond donors (Lipinski definition) is 1. The lowest BCUT2D eigenvalue weighted by atomic mass is 9.89. The zero-order valence-corrected chi connectivity index (χ0v) is 11.0. The van der Waals surface area contributed by atoms with Crippen LogP contribution >= 0.6 is 0 Å². The van der Waals surface area contributed by atoms with Crippen LogP contribution in [-0.2, 0) is 12.8 Å². The molecule has 2 heteroatoms. The van der Waals surface area contributed by atoms with Crippen molar-refractivity contribution in [1.29, 1.82) is 0 Å². The number of nitrogens with one attached hydrogen (secondary N) is 1. The van der Waals surface area contributed by atoms with Crippen LogP contribution in [0.5, 0.6) is 0 Å². The van der Waals surface area contributed by atoms with Crippen molar-refractivity contribution in [3.05, 3.63) is 23.5 Å². The molecule has 16 heavy (non-hydrogen) atoms. The molecule has 2 nitrogen and oxygen atoms in total. The van der Waals surface area contributed by atoms with Crippen molar-refractivity contribution in [3.8, 4) is 0 Å². The molecule has 2 rings (SSSR count). The average Bonchev–Trinajstić information content (AvgIpc) is 2.63. The molecule has 0 saturated carbocycles. The third-order valence-electron chi connectivity index (χ3n) is 3.74. The molecule has 1 N–H and O–H groups in total. The fourth-order valence-corrected chi connectivity index (χ4v) is 3.22. The summed E-state index contributed by atoms with van der Waals surface area (Å²) in [5.74, 6) is 0. The van der Waals surface area contributed by atoms with Crippen LogP contribution < -0.4 is 0 Å². The van der Waals surface area contributed by atoms with Gasteiger partial charge in [-0.1, -0.05) is 0 Å². The second kappa shape index (κ2) is 4.62. The maximum atomic E-state index is 3.24. The lowest BCUT2D eigenvalue weighted by Gasteiger charge is -2.40. The van der Waals surface area contributed by atoms with Crippen LogP contribution in [0, 0.1) is 0 Å². The number of hydrogen-bond acceptors (Lipinski definition) is 1. The lowest BCUT2D eigenvalue weighted by molar-refractivity contribution is 0.102. The van der Waals surface area contributed by atoms with Crippen LogP contribution in [0.2, 0.25) is 0 Å². The van der Waals surface area contributed by atoms with E-state index in [1.165, 1.54) is 30.4 Å². The quantitative estimate of drug-likeness (QED) is 0.829. The molecule has 0 saturated heterocycles. The number of aromatic amines is 1. The normalized spacial score (nSPS) is 20.8. The highest BCUT2D eigenvalue weighted by Crippen LogP contribution is 2.26. The van der Waals surface area contributed by atoms with Gasteiger partial charge in [0.05, 0.1) is 0 Å². The largest absolute Gasteiger partial charge is 0.367 e. The molecule has 0 radical (unpaired) electrons. The predicted octanol–water partition coefficient (Wildman–Crippen LogP) is 2.99. The van der Waals surface area contributed by atoms with Crippen LogP contribution in [0.15, 0.2) is 12.4 Å². The van der Waals surface area contributed by atoms with E-state index in [2.05, 4.69) is 50.0 Å². The molecule has 0 fully saturated rings. The smallest absolute Gasteiger partial charge is 0.0145 e. The first-order valence-corrected chi connectivity index (χ1v) is 6.51. The number of fused-ring (bicyclic) bond motifs is 1. The number of aryl methyl sites for hydroxylation is 1. The molecule has 1 aliphatic rings. The molecule has 0 unspecified atom stereocenters. The van der Waals surface area contributed by atoms with Crippen LogP contribution in [0.3, 0.4) is 0 Å². The molecule has 0 amide bonds. The molecule has 1 aromatic rings. The highest BCUT2D eigenvalue weighted by molar-refractivity contribution is 5.27. The number of aromatic nitrogens is 1. The Morgan fingerprint density at radius 1 is 1.12 bits per heavy atom. The van der Waals surface area contributed by atoms with E-state index >= 15 is 0 Å². The van der Waals surface area contributed by atoms with Crippen molar-refractivity contribution >= 4 is 0 Å². The van der Waals surface area contributed by atoms with Crippen molar-refractivity contribution in [2.45, 2.75) is 65.1 Å². The summed E-state index contributed by atoms with van der Waals surface area (Å²) in [4.78, 5) is 5.90. The Hall–Kier alpha value is -0.760. The topological polar surface area (TPSA) is 19.0 Å². The standard InChI is InChI=1S/C14H24N2/c1-10(2)16(11(3)4)14-6-5-12-8-15-9-13(12)7-14/h8-11,14-15H,5-7H2,1-4H3/t14-/m0/s1. The molecule has 1 aromatic heterocycles. The summed E-state index contributed by atoms with van der Waals surface area (Å²) in [6.45, 7) is 9.25. The zero-order valence-electron chi connectivity index (χ0n) is 11.0. The Morgan fingerprint density at radius 3 is 2.38 bits per heavy atom. The number of rotatable bonds is 3. The van der Waals surface area contributed by atoms with Gasteiger partial charge in [-0.3, -0.25) is 4.90 Å². The molecule has 1 aliphatic carbocycles. The Bertz CT molecular complexity index is 330. The minimum atomic E-state index is 0.644. The van der Waals surface area contributed by atoms with Crippen LogP contribution in [0.4, 0.5) is 0 Å². The van der Waals surface area contributed by atoms with E-state index in [-0.39, 0.29) is 0 Å². The maximum absolute atomic E-state index is 3.24. The van der Waals surface area contributed by atoms with Gasteiger partial charge in [-0.15, -0.1) is 0 Å². The molecular weight excluding hydrogens is 196 g/mol. The van der Waals surface area contributed by atoms with E-state index in [0.717, 1.165) is 6.04 Å². The summed E-state index contributed by atoms with van der Waals surface area (Å²) in [7, 11) is 0. The van der Waals surface area contributed by atoms with Gasteiger partial charge in [-0.2, -0.15) is 0 Å². The summed E-state index contributed by atoms with van der Waals surface area (Å²) in [6.07, 6.45) is 8.11. The van der Waals surface area contributed by atoms with E-state index in [9.17, 15) is 0 Å². The van der Waals surface area contributed by atoms with E-state index < -0.39 is 0 Å². The van der Waals surface area contributed by atoms with Crippen LogP contribution in [-0.4, -0.2) is 28.0 Å².